The van der Waals surface area contributed by atoms with Crippen LogP contribution < -0.4 is 0 Å². The van der Waals surface area contributed by atoms with Crippen molar-refractivity contribution in [2.75, 3.05) is 0 Å². The van der Waals surface area contributed by atoms with Crippen LogP contribution in [-0.2, 0) is 10.3 Å². The summed E-state index contributed by atoms with van der Waals surface area (Å²) < 4.78 is 2.25. The Morgan fingerprint density at radius 1 is 1.05 bits per heavy atom. The smallest absolute Gasteiger partial charge is 0.161 e. The number of ketones is 1. The number of carbonyl (C=O) groups excluding carboxylic acids is 1. The van der Waals surface area contributed by atoms with Crippen LogP contribution >= 0.6 is 0 Å². The number of hydrogen-bond donors (Lipinski definition) is 0. The van der Waals surface area contributed by atoms with Crippen LogP contribution in [0.2, 0.25) is 0 Å². The van der Waals surface area contributed by atoms with Crippen molar-refractivity contribution < 1.29 is 4.79 Å². The van der Waals surface area contributed by atoms with Crippen LogP contribution in [-0.4, -0.2) is 10.4 Å². The average molecular weight is 281 g/mol. The van der Waals surface area contributed by atoms with Gasteiger partial charge in [0, 0.05) is 17.8 Å². The zero-order valence-electron chi connectivity index (χ0n) is 12.9. The van der Waals surface area contributed by atoms with E-state index in [1.807, 2.05) is 19.9 Å². The second-order valence-corrected chi connectivity index (χ2v) is 6.39. The number of benzene rings is 1. The van der Waals surface area contributed by atoms with Crippen LogP contribution in [0, 0.1) is 5.92 Å². The molecule has 1 saturated carbocycles. The molecule has 1 heterocycles. The summed E-state index contributed by atoms with van der Waals surface area (Å²) in [6, 6.07) is 14.6. The van der Waals surface area contributed by atoms with Crippen LogP contribution in [0.1, 0.15) is 39.5 Å². The molecule has 1 aromatic carbocycles. The van der Waals surface area contributed by atoms with Crippen LogP contribution in [0.5, 0.6) is 0 Å². The number of Topliss-reactive ketones (excluding diaryl/α,β-unsaturated/α-hetero) is 1. The van der Waals surface area contributed by atoms with E-state index in [9.17, 15) is 4.79 Å². The van der Waals surface area contributed by atoms with Gasteiger partial charge in [-0.05, 0) is 30.5 Å². The molecule has 0 spiro atoms. The van der Waals surface area contributed by atoms with Crippen molar-refractivity contribution in [2.45, 2.75) is 45.1 Å². The summed E-state index contributed by atoms with van der Waals surface area (Å²) >= 11 is 0. The van der Waals surface area contributed by atoms with Crippen molar-refractivity contribution in [1.29, 1.82) is 0 Å². The van der Waals surface area contributed by atoms with Crippen molar-refractivity contribution in [2.24, 2.45) is 5.92 Å². The van der Waals surface area contributed by atoms with Crippen LogP contribution in [0.25, 0.3) is 11.3 Å². The Kier molecular flexibility index (Phi) is 3.71. The lowest BCUT2D eigenvalue weighted by atomic mass is 9.85. The first-order valence-electron chi connectivity index (χ1n) is 7.93. The number of rotatable bonds is 4. The minimum atomic E-state index is -0.331. The molecule has 2 heteroatoms. The van der Waals surface area contributed by atoms with Gasteiger partial charge in [-0.1, -0.05) is 57.0 Å². The number of carbonyl (C=O) groups is 1. The van der Waals surface area contributed by atoms with E-state index in [-0.39, 0.29) is 11.5 Å². The van der Waals surface area contributed by atoms with E-state index in [0.717, 1.165) is 31.4 Å². The fourth-order valence-corrected chi connectivity index (χ4v) is 3.70. The minimum absolute atomic E-state index is 0.0779. The maximum absolute atomic E-state index is 12.9. The molecule has 0 radical (unpaired) electrons. The molecular weight excluding hydrogens is 258 g/mol. The van der Waals surface area contributed by atoms with E-state index in [1.54, 1.807) is 0 Å². The minimum Gasteiger partial charge on any atom is -0.334 e. The predicted octanol–water partition coefficient (Wildman–Crippen LogP) is 4.65. The highest BCUT2D eigenvalue weighted by Gasteiger charge is 2.44. The van der Waals surface area contributed by atoms with Gasteiger partial charge in [-0.15, -0.1) is 0 Å². The number of hydrogen-bond acceptors (Lipinski definition) is 1. The van der Waals surface area contributed by atoms with Crippen LogP contribution in [0.15, 0.2) is 48.7 Å². The Hall–Kier alpha value is -1.83. The van der Waals surface area contributed by atoms with Crippen molar-refractivity contribution in [1.82, 2.24) is 4.57 Å². The summed E-state index contributed by atoms with van der Waals surface area (Å²) in [6.45, 7) is 4.04. The zero-order valence-corrected chi connectivity index (χ0v) is 12.9. The Morgan fingerprint density at radius 2 is 1.71 bits per heavy atom. The molecule has 0 saturated heterocycles. The second kappa shape index (κ2) is 5.51. The molecule has 1 aliphatic rings. The molecule has 3 rings (SSSR count). The van der Waals surface area contributed by atoms with Gasteiger partial charge in [-0.2, -0.15) is 0 Å². The molecule has 2 nitrogen and oxygen atoms in total. The van der Waals surface area contributed by atoms with Gasteiger partial charge in [-0.3, -0.25) is 4.79 Å². The molecule has 2 aromatic rings. The summed E-state index contributed by atoms with van der Waals surface area (Å²) in [4.78, 5) is 12.9. The summed E-state index contributed by atoms with van der Waals surface area (Å²) in [6.07, 6.45) is 6.32. The predicted molar refractivity (Wildman–Crippen MR) is 86.2 cm³/mol. The topological polar surface area (TPSA) is 22.0 Å². The molecule has 0 N–H and O–H groups in total. The second-order valence-electron chi connectivity index (χ2n) is 6.39. The van der Waals surface area contributed by atoms with Crippen molar-refractivity contribution in [3.8, 4) is 11.3 Å². The highest BCUT2D eigenvalue weighted by molar-refractivity contribution is 5.89. The molecule has 1 fully saturated rings. The fraction of sp³-hybridized carbons (Fsp3) is 0.421. The van der Waals surface area contributed by atoms with Gasteiger partial charge in [0.25, 0.3) is 0 Å². The lowest BCUT2D eigenvalue weighted by Gasteiger charge is -2.33. The Bertz CT molecular complexity index is 618. The third kappa shape index (κ3) is 2.33. The molecule has 0 unspecified atom stereocenters. The fourth-order valence-electron chi connectivity index (χ4n) is 3.70. The molecule has 0 atom stereocenters. The first-order valence-corrected chi connectivity index (χ1v) is 7.93. The third-order valence-corrected chi connectivity index (χ3v) is 4.69. The van der Waals surface area contributed by atoms with E-state index >= 15 is 0 Å². The highest BCUT2D eigenvalue weighted by Crippen LogP contribution is 2.42. The van der Waals surface area contributed by atoms with Gasteiger partial charge in [0.2, 0.25) is 0 Å². The quantitative estimate of drug-likeness (QED) is 0.799. The number of nitrogens with zero attached hydrogens (tertiary/aromatic N) is 1. The van der Waals surface area contributed by atoms with Crippen molar-refractivity contribution in [3.05, 3.63) is 48.7 Å². The maximum atomic E-state index is 12.9. The van der Waals surface area contributed by atoms with E-state index < -0.39 is 0 Å². The molecule has 110 valence electrons. The zero-order chi connectivity index (χ0) is 14.9. The van der Waals surface area contributed by atoms with Crippen molar-refractivity contribution in [3.63, 3.8) is 0 Å². The first-order chi connectivity index (χ1) is 10.1. The SMILES string of the molecule is CC(C)C(=O)C1(n2cccc2-c2ccccc2)CCCC1. The van der Waals surface area contributed by atoms with Gasteiger partial charge in [-0.25, -0.2) is 0 Å². The van der Waals surface area contributed by atoms with Gasteiger partial charge in [0.1, 0.15) is 5.54 Å². The molecule has 21 heavy (non-hydrogen) atoms. The monoisotopic (exact) mass is 281 g/mol. The maximum Gasteiger partial charge on any atom is 0.161 e. The highest BCUT2D eigenvalue weighted by atomic mass is 16.1. The van der Waals surface area contributed by atoms with Crippen LogP contribution in [0.3, 0.4) is 0 Å². The van der Waals surface area contributed by atoms with E-state index in [2.05, 4.69) is 47.2 Å². The van der Waals surface area contributed by atoms with E-state index in [4.69, 9.17) is 0 Å². The Morgan fingerprint density at radius 3 is 2.33 bits per heavy atom. The van der Waals surface area contributed by atoms with Gasteiger partial charge in [0.05, 0.1) is 0 Å². The van der Waals surface area contributed by atoms with Gasteiger partial charge < -0.3 is 4.57 Å². The summed E-state index contributed by atoms with van der Waals surface area (Å²) in [5.74, 6) is 0.461. The first kappa shape index (κ1) is 14.1. The summed E-state index contributed by atoms with van der Waals surface area (Å²) in [5.41, 5.74) is 2.01. The summed E-state index contributed by atoms with van der Waals surface area (Å²) in [7, 11) is 0. The molecule has 1 aromatic heterocycles. The lowest BCUT2D eigenvalue weighted by Crippen LogP contribution is -2.41. The molecule has 0 aliphatic heterocycles. The largest absolute Gasteiger partial charge is 0.334 e. The van der Waals surface area contributed by atoms with E-state index in [1.165, 1.54) is 5.56 Å². The van der Waals surface area contributed by atoms with Crippen LogP contribution in [0.4, 0.5) is 0 Å². The van der Waals surface area contributed by atoms with Gasteiger partial charge in [0.15, 0.2) is 5.78 Å². The molecular formula is C19H23NO. The molecule has 0 bridgehead atoms. The van der Waals surface area contributed by atoms with Crippen molar-refractivity contribution >= 4 is 5.78 Å². The number of aromatic nitrogens is 1. The average Bonchev–Trinajstić information content (AvgIpc) is 3.17. The third-order valence-electron chi connectivity index (χ3n) is 4.69. The van der Waals surface area contributed by atoms with E-state index in [0.29, 0.717) is 5.78 Å². The standard InChI is InChI=1S/C19H23NO/c1-15(2)18(21)19(12-6-7-13-19)20-14-8-11-17(20)16-9-4-3-5-10-16/h3-5,8-11,14-15H,6-7,12-13H2,1-2H3. The molecule has 1 aliphatic carbocycles. The summed E-state index contributed by atoms with van der Waals surface area (Å²) in [5, 5.41) is 0. The normalized spacial score (nSPS) is 17.3. The Labute approximate surface area is 126 Å². The molecule has 0 amide bonds. The Balaban J connectivity index is 2.11. The lowest BCUT2D eigenvalue weighted by molar-refractivity contribution is -0.130. The van der Waals surface area contributed by atoms with Gasteiger partial charge >= 0.3 is 0 Å².